The molecule has 1 heterocycles. The van der Waals surface area contributed by atoms with Gasteiger partial charge in [-0.25, -0.2) is 0 Å². The summed E-state index contributed by atoms with van der Waals surface area (Å²) in [5, 5.41) is -0.377. The highest BCUT2D eigenvalue weighted by molar-refractivity contribution is 8.14. The van der Waals surface area contributed by atoms with Crippen LogP contribution in [0.3, 0.4) is 0 Å². The van der Waals surface area contributed by atoms with Gasteiger partial charge in [-0.3, -0.25) is 19.3 Å². The molecule has 6 heteroatoms. The number of carbonyl (C=O) groups is 3. The normalized spacial score (nSPS) is 16.5. The Labute approximate surface area is 79.4 Å². The van der Waals surface area contributed by atoms with Crippen molar-refractivity contribution in [2.24, 2.45) is 0 Å². The largest absolute Gasteiger partial charge is 0.465 e. The van der Waals surface area contributed by atoms with Crippen LogP contribution in [-0.4, -0.2) is 40.9 Å². The van der Waals surface area contributed by atoms with Gasteiger partial charge in [0.2, 0.25) is 5.91 Å². The lowest BCUT2D eigenvalue weighted by Gasteiger charge is -2.10. The molecule has 0 radical (unpaired) electrons. The molecule has 72 valence electrons. The molecular formula is C7H9NO4S. The van der Waals surface area contributed by atoms with Gasteiger partial charge in [0.15, 0.2) is 0 Å². The van der Waals surface area contributed by atoms with Crippen molar-refractivity contribution in [3.8, 4) is 0 Å². The second-order valence-electron chi connectivity index (χ2n) is 2.34. The van der Waals surface area contributed by atoms with Crippen LogP contribution in [-0.2, 0) is 14.3 Å². The van der Waals surface area contributed by atoms with E-state index < -0.39 is 5.97 Å². The predicted octanol–water partition coefficient (Wildman–Crippen LogP) is 0.245. The van der Waals surface area contributed by atoms with Crippen LogP contribution in [0.15, 0.2) is 0 Å². The number of amides is 2. The summed E-state index contributed by atoms with van der Waals surface area (Å²) in [4.78, 5) is 33.8. The zero-order valence-corrected chi connectivity index (χ0v) is 7.93. The lowest BCUT2D eigenvalue weighted by Crippen LogP contribution is -2.34. The second-order valence-corrected chi connectivity index (χ2v) is 3.27. The van der Waals surface area contributed by atoms with Gasteiger partial charge in [-0.1, -0.05) is 11.8 Å². The van der Waals surface area contributed by atoms with Gasteiger partial charge in [0.1, 0.15) is 6.54 Å². The Bertz CT molecular complexity index is 237. The number of imide groups is 1. The number of hydrogen-bond acceptors (Lipinski definition) is 5. The minimum atomic E-state index is -0.549. The number of carbonyl (C=O) groups excluding carboxylic acids is 3. The van der Waals surface area contributed by atoms with E-state index in [4.69, 9.17) is 0 Å². The van der Waals surface area contributed by atoms with Crippen LogP contribution in [0.2, 0.25) is 0 Å². The first-order valence-electron chi connectivity index (χ1n) is 3.78. The smallest absolute Gasteiger partial charge is 0.326 e. The van der Waals surface area contributed by atoms with Gasteiger partial charge in [-0.15, -0.1) is 0 Å². The molecule has 1 fully saturated rings. The molecule has 0 atom stereocenters. The van der Waals surface area contributed by atoms with Gasteiger partial charge in [0, 0.05) is 0 Å². The molecule has 0 saturated carbocycles. The minimum absolute atomic E-state index is 0.123. The van der Waals surface area contributed by atoms with Crippen LogP contribution in [0.1, 0.15) is 6.92 Å². The molecule has 13 heavy (non-hydrogen) atoms. The van der Waals surface area contributed by atoms with Crippen LogP contribution in [0.4, 0.5) is 4.79 Å². The quantitative estimate of drug-likeness (QED) is 0.615. The monoisotopic (exact) mass is 203 g/mol. The van der Waals surface area contributed by atoms with E-state index in [1.54, 1.807) is 6.92 Å². The number of esters is 1. The first-order valence-corrected chi connectivity index (χ1v) is 4.76. The molecule has 0 aromatic rings. The highest BCUT2D eigenvalue weighted by Gasteiger charge is 2.31. The van der Waals surface area contributed by atoms with Crippen LogP contribution in [0.25, 0.3) is 0 Å². The third-order valence-electron chi connectivity index (χ3n) is 1.43. The van der Waals surface area contributed by atoms with Crippen molar-refractivity contribution in [1.29, 1.82) is 0 Å². The van der Waals surface area contributed by atoms with Gasteiger partial charge < -0.3 is 4.74 Å². The summed E-state index contributed by atoms with van der Waals surface area (Å²) < 4.78 is 4.61. The Morgan fingerprint density at radius 1 is 1.62 bits per heavy atom. The maximum absolute atomic E-state index is 11.0. The number of hydrogen-bond donors (Lipinski definition) is 0. The van der Waals surface area contributed by atoms with E-state index in [1.165, 1.54) is 0 Å². The van der Waals surface area contributed by atoms with Crippen molar-refractivity contribution in [3.05, 3.63) is 0 Å². The molecule has 1 saturated heterocycles. The van der Waals surface area contributed by atoms with Gasteiger partial charge in [0.05, 0.1) is 12.4 Å². The summed E-state index contributed by atoms with van der Waals surface area (Å²) in [6, 6.07) is 0. The van der Waals surface area contributed by atoms with Gasteiger partial charge in [-0.2, -0.15) is 0 Å². The molecule has 0 aliphatic carbocycles. The standard InChI is InChI=1S/C7H9NO4S/c1-2-12-6(10)3-8-5(9)4-13-7(8)11/h2-4H2,1H3. The summed E-state index contributed by atoms with van der Waals surface area (Å²) in [6.07, 6.45) is 0. The second kappa shape index (κ2) is 4.27. The number of thioether (sulfide) groups is 1. The maximum Gasteiger partial charge on any atom is 0.326 e. The zero-order chi connectivity index (χ0) is 9.84. The third kappa shape index (κ3) is 2.45. The Morgan fingerprint density at radius 3 is 2.77 bits per heavy atom. The van der Waals surface area contributed by atoms with E-state index >= 15 is 0 Å². The Balaban J connectivity index is 2.48. The first-order chi connectivity index (χ1) is 6.15. The fourth-order valence-corrected chi connectivity index (χ4v) is 1.59. The van der Waals surface area contributed by atoms with E-state index in [0.29, 0.717) is 0 Å². The summed E-state index contributed by atoms with van der Waals surface area (Å²) in [5.41, 5.74) is 0. The molecule has 1 aliphatic rings. The van der Waals surface area contributed by atoms with Gasteiger partial charge in [-0.05, 0) is 6.92 Å². The predicted molar refractivity (Wildman–Crippen MR) is 46.2 cm³/mol. The third-order valence-corrected chi connectivity index (χ3v) is 2.29. The Hall–Kier alpha value is -1.04. The molecule has 1 rings (SSSR count). The van der Waals surface area contributed by atoms with E-state index in [0.717, 1.165) is 16.7 Å². The van der Waals surface area contributed by atoms with Crippen molar-refractivity contribution < 1.29 is 19.1 Å². The van der Waals surface area contributed by atoms with Crippen molar-refractivity contribution in [2.45, 2.75) is 6.92 Å². The van der Waals surface area contributed by atoms with E-state index in [9.17, 15) is 14.4 Å². The van der Waals surface area contributed by atoms with E-state index in [1.807, 2.05) is 0 Å². The summed E-state index contributed by atoms with van der Waals surface area (Å²) in [7, 11) is 0. The molecule has 0 unspecified atom stereocenters. The highest BCUT2D eigenvalue weighted by atomic mass is 32.2. The van der Waals surface area contributed by atoms with Gasteiger partial charge >= 0.3 is 5.97 Å². The van der Waals surface area contributed by atoms with Crippen molar-refractivity contribution >= 4 is 28.9 Å². The Kier molecular flexibility index (Phi) is 3.30. The number of rotatable bonds is 3. The zero-order valence-electron chi connectivity index (χ0n) is 7.11. The minimum Gasteiger partial charge on any atom is -0.465 e. The average Bonchev–Trinajstić information content (AvgIpc) is 2.36. The number of nitrogens with zero attached hydrogens (tertiary/aromatic N) is 1. The molecule has 0 bridgehead atoms. The first kappa shape index (κ1) is 10.0. The van der Waals surface area contributed by atoms with Crippen LogP contribution < -0.4 is 0 Å². The summed E-state index contributed by atoms with van der Waals surface area (Å²) in [6.45, 7) is 1.65. The lowest BCUT2D eigenvalue weighted by molar-refractivity contribution is -0.146. The molecule has 2 amide bonds. The lowest BCUT2D eigenvalue weighted by atomic mass is 10.5. The molecule has 0 spiro atoms. The summed E-state index contributed by atoms with van der Waals surface area (Å²) in [5.74, 6) is -0.757. The van der Waals surface area contributed by atoms with Crippen LogP contribution in [0, 0.1) is 0 Å². The topological polar surface area (TPSA) is 63.7 Å². The van der Waals surface area contributed by atoms with E-state index in [2.05, 4.69) is 4.74 Å². The van der Waals surface area contributed by atoms with Gasteiger partial charge in [0.25, 0.3) is 5.24 Å². The SMILES string of the molecule is CCOC(=O)CN1C(=O)CSC1=O. The summed E-state index contributed by atoms with van der Waals surface area (Å²) >= 11 is 0.903. The molecule has 5 nitrogen and oxygen atoms in total. The molecule has 0 N–H and O–H groups in total. The van der Waals surface area contributed by atoms with E-state index in [-0.39, 0.29) is 30.1 Å². The Morgan fingerprint density at radius 2 is 2.31 bits per heavy atom. The van der Waals surface area contributed by atoms with Crippen molar-refractivity contribution in [3.63, 3.8) is 0 Å². The van der Waals surface area contributed by atoms with Crippen molar-refractivity contribution in [2.75, 3.05) is 18.9 Å². The molecule has 0 aromatic carbocycles. The fraction of sp³-hybridized carbons (Fsp3) is 0.571. The number of ether oxygens (including phenoxy) is 1. The fourth-order valence-electron chi connectivity index (χ4n) is 0.870. The molecule has 1 aliphatic heterocycles. The molecular weight excluding hydrogens is 194 g/mol. The maximum atomic E-state index is 11.0. The highest BCUT2D eigenvalue weighted by Crippen LogP contribution is 2.17. The van der Waals surface area contributed by atoms with Crippen molar-refractivity contribution in [1.82, 2.24) is 4.90 Å². The molecule has 0 aromatic heterocycles. The average molecular weight is 203 g/mol. The van der Waals surface area contributed by atoms with Crippen LogP contribution in [0.5, 0.6) is 0 Å². The van der Waals surface area contributed by atoms with Crippen LogP contribution >= 0.6 is 11.8 Å².